The Morgan fingerprint density at radius 3 is 2.26 bits per heavy atom. The largest absolute Gasteiger partial charge is 0.303 e. The van der Waals surface area contributed by atoms with Crippen molar-refractivity contribution in [3.63, 3.8) is 0 Å². The molecule has 0 spiro atoms. The number of hydrogen-bond donors (Lipinski definition) is 0. The smallest absolute Gasteiger partial charge is 0.289 e. The molecule has 1 aliphatic heterocycles. The fraction of sp³-hybridized carbons (Fsp3) is 0.222. The number of hydrogen-bond acceptors (Lipinski definition) is 4. The first-order chi connectivity index (χ1) is 12.8. The standard InChI is InChI=1S/C18H19N3O4S2/c1-14-12-20(16-8-10-17(11-9-16)21(22)23)26(13-15(14)2)19-27(24,25)18-6-4-3-5-7-18/h3-11H,12-13H2,1-2H3. The van der Waals surface area contributed by atoms with E-state index in [1.807, 2.05) is 18.2 Å². The topological polar surface area (TPSA) is 92.9 Å². The Kier molecular flexibility index (Phi) is 5.43. The van der Waals surface area contributed by atoms with E-state index in [0.29, 0.717) is 18.0 Å². The minimum Gasteiger partial charge on any atom is -0.303 e. The molecule has 142 valence electrons. The molecule has 0 N–H and O–H groups in total. The van der Waals surface area contributed by atoms with E-state index < -0.39 is 25.8 Å². The van der Waals surface area contributed by atoms with Gasteiger partial charge in [0.05, 0.1) is 16.4 Å². The monoisotopic (exact) mass is 405 g/mol. The fourth-order valence-corrected chi connectivity index (χ4v) is 6.37. The van der Waals surface area contributed by atoms with Crippen LogP contribution in [0.4, 0.5) is 11.4 Å². The van der Waals surface area contributed by atoms with Crippen LogP contribution in [0, 0.1) is 10.1 Å². The highest BCUT2D eigenvalue weighted by atomic mass is 32.3. The van der Waals surface area contributed by atoms with E-state index in [1.54, 1.807) is 30.3 Å². The van der Waals surface area contributed by atoms with Crippen LogP contribution in [0.2, 0.25) is 0 Å². The third kappa shape index (κ3) is 4.25. The molecule has 2 aromatic carbocycles. The number of nitrogens with zero attached hydrogens (tertiary/aromatic N) is 3. The van der Waals surface area contributed by atoms with E-state index in [4.69, 9.17) is 0 Å². The summed E-state index contributed by atoms with van der Waals surface area (Å²) in [7, 11) is -4.73. The summed E-state index contributed by atoms with van der Waals surface area (Å²) in [4.78, 5) is 10.6. The first kappa shape index (κ1) is 19.2. The molecule has 1 heterocycles. The van der Waals surface area contributed by atoms with Gasteiger partial charge in [0.15, 0.2) is 0 Å². The van der Waals surface area contributed by atoms with E-state index in [9.17, 15) is 18.5 Å². The van der Waals surface area contributed by atoms with Crippen molar-refractivity contribution in [3.8, 4) is 0 Å². The van der Waals surface area contributed by atoms with Crippen LogP contribution in [-0.2, 0) is 20.9 Å². The lowest BCUT2D eigenvalue weighted by atomic mass is 10.1. The highest BCUT2D eigenvalue weighted by Crippen LogP contribution is 2.28. The minimum atomic E-state index is -3.80. The van der Waals surface area contributed by atoms with Crippen molar-refractivity contribution in [2.24, 2.45) is 3.77 Å². The lowest BCUT2D eigenvalue weighted by Gasteiger charge is -2.32. The molecular weight excluding hydrogens is 386 g/mol. The molecule has 0 aromatic heterocycles. The molecule has 7 nitrogen and oxygen atoms in total. The van der Waals surface area contributed by atoms with Gasteiger partial charge in [-0.2, -0.15) is 8.42 Å². The Bertz CT molecular complexity index is 1030. The van der Waals surface area contributed by atoms with E-state index in [1.165, 1.54) is 24.3 Å². The predicted octanol–water partition coefficient (Wildman–Crippen LogP) is 3.86. The van der Waals surface area contributed by atoms with Crippen molar-refractivity contribution in [2.45, 2.75) is 18.7 Å². The van der Waals surface area contributed by atoms with Gasteiger partial charge in [0, 0.05) is 34.5 Å². The minimum absolute atomic E-state index is 0.00654. The molecule has 9 heteroatoms. The van der Waals surface area contributed by atoms with Gasteiger partial charge in [-0.25, -0.2) is 0 Å². The van der Waals surface area contributed by atoms with Crippen LogP contribution in [0.15, 0.2) is 74.4 Å². The number of nitro benzene ring substituents is 1. The molecule has 0 amide bonds. The second kappa shape index (κ2) is 7.61. The molecule has 0 aliphatic carbocycles. The predicted molar refractivity (Wildman–Crippen MR) is 107 cm³/mol. The van der Waals surface area contributed by atoms with Gasteiger partial charge in [-0.15, -0.1) is 3.77 Å². The van der Waals surface area contributed by atoms with E-state index in [-0.39, 0.29) is 10.6 Å². The summed E-state index contributed by atoms with van der Waals surface area (Å²) in [6.45, 7) is 4.51. The summed E-state index contributed by atoms with van der Waals surface area (Å²) < 4.78 is 31.5. The number of non-ortho nitro benzene ring substituents is 1. The molecule has 2 aromatic rings. The van der Waals surface area contributed by atoms with Crippen molar-refractivity contribution >= 4 is 32.3 Å². The zero-order valence-electron chi connectivity index (χ0n) is 14.9. The Hall–Kier alpha value is -2.52. The maximum atomic E-state index is 12.7. The number of anilines is 1. The van der Waals surface area contributed by atoms with E-state index in [2.05, 4.69) is 3.77 Å². The van der Waals surface area contributed by atoms with E-state index >= 15 is 0 Å². The highest BCUT2D eigenvalue weighted by molar-refractivity contribution is 8.00. The van der Waals surface area contributed by atoms with Crippen LogP contribution >= 0.6 is 0 Å². The van der Waals surface area contributed by atoms with E-state index in [0.717, 1.165) is 11.1 Å². The van der Waals surface area contributed by atoms with Gasteiger partial charge in [-0.05, 0) is 38.1 Å². The summed E-state index contributed by atoms with van der Waals surface area (Å²) in [5.41, 5.74) is 2.96. The summed E-state index contributed by atoms with van der Waals surface area (Å²) in [5, 5.41) is 10.9. The molecule has 3 rings (SSSR count). The number of sulfonamides is 1. The Morgan fingerprint density at radius 2 is 1.67 bits per heavy atom. The third-order valence-corrected chi connectivity index (χ3v) is 8.16. The zero-order chi connectivity index (χ0) is 19.6. The molecule has 0 saturated carbocycles. The SMILES string of the molecule is CC1=C(C)CS(=NS(=O)(=O)c2ccccc2)N(c2ccc([N+](=O)[O-])cc2)C1. The van der Waals surface area contributed by atoms with Crippen molar-refractivity contribution in [1.29, 1.82) is 0 Å². The van der Waals surface area contributed by atoms with Crippen LogP contribution in [-0.4, -0.2) is 25.6 Å². The van der Waals surface area contributed by atoms with Gasteiger partial charge in [0.25, 0.3) is 15.7 Å². The Balaban J connectivity index is 2.04. The number of nitro groups is 1. The molecule has 1 atom stereocenters. The second-order valence-electron chi connectivity index (χ2n) is 6.22. The van der Waals surface area contributed by atoms with Gasteiger partial charge < -0.3 is 4.31 Å². The van der Waals surface area contributed by atoms with Crippen molar-refractivity contribution < 1.29 is 13.3 Å². The molecule has 0 saturated heterocycles. The van der Waals surface area contributed by atoms with Crippen LogP contribution in [0.5, 0.6) is 0 Å². The first-order valence-electron chi connectivity index (χ1n) is 8.19. The molecule has 0 fully saturated rings. The lowest BCUT2D eigenvalue weighted by molar-refractivity contribution is -0.384. The summed E-state index contributed by atoms with van der Waals surface area (Å²) in [5.74, 6) is 0.509. The van der Waals surface area contributed by atoms with Gasteiger partial charge in [0.2, 0.25) is 0 Å². The maximum Gasteiger partial charge on any atom is 0.289 e. The van der Waals surface area contributed by atoms with Crippen LogP contribution in [0.1, 0.15) is 13.8 Å². The molecule has 1 unspecified atom stereocenters. The van der Waals surface area contributed by atoms with Gasteiger partial charge >= 0.3 is 0 Å². The number of rotatable bonds is 4. The molecule has 1 aliphatic rings. The average molecular weight is 406 g/mol. The maximum absolute atomic E-state index is 12.7. The molecular formula is C18H19N3O4S2. The summed E-state index contributed by atoms with van der Waals surface area (Å²) in [6, 6.07) is 14.2. The average Bonchev–Trinajstić information content (AvgIpc) is 2.65. The molecule has 0 radical (unpaired) electrons. The molecule has 27 heavy (non-hydrogen) atoms. The normalized spacial score (nSPS) is 18.0. The number of benzene rings is 2. The fourth-order valence-electron chi connectivity index (χ4n) is 2.59. The third-order valence-electron chi connectivity index (χ3n) is 4.28. The van der Waals surface area contributed by atoms with Gasteiger partial charge in [-0.3, -0.25) is 10.1 Å². The molecule has 0 bridgehead atoms. The van der Waals surface area contributed by atoms with Crippen LogP contribution < -0.4 is 4.31 Å². The van der Waals surface area contributed by atoms with Crippen LogP contribution in [0.25, 0.3) is 0 Å². The van der Waals surface area contributed by atoms with Gasteiger partial charge in [-0.1, -0.05) is 29.3 Å². The van der Waals surface area contributed by atoms with Crippen molar-refractivity contribution in [2.75, 3.05) is 16.6 Å². The van der Waals surface area contributed by atoms with Crippen molar-refractivity contribution in [3.05, 3.63) is 75.9 Å². The Labute approximate surface area is 160 Å². The van der Waals surface area contributed by atoms with Gasteiger partial charge in [0.1, 0.15) is 0 Å². The Morgan fingerprint density at radius 1 is 1.04 bits per heavy atom. The summed E-state index contributed by atoms with van der Waals surface area (Å²) >= 11 is 0. The highest BCUT2D eigenvalue weighted by Gasteiger charge is 2.24. The van der Waals surface area contributed by atoms with Crippen LogP contribution in [0.3, 0.4) is 0 Å². The first-order valence-corrected chi connectivity index (χ1v) is 10.9. The zero-order valence-corrected chi connectivity index (χ0v) is 16.5. The lowest BCUT2D eigenvalue weighted by Crippen LogP contribution is -2.34. The summed E-state index contributed by atoms with van der Waals surface area (Å²) in [6.07, 6.45) is 0. The van der Waals surface area contributed by atoms with Crippen molar-refractivity contribution in [1.82, 2.24) is 0 Å². The second-order valence-corrected chi connectivity index (χ2v) is 9.64. The quantitative estimate of drug-likeness (QED) is 0.437.